The highest BCUT2D eigenvalue weighted by Crippen LogP contribution is 2.77. The lowest BCUT2D eigenvalue weighted by atomic mass is 9.52. The van der Waals surface area contributed by atoms with Crippen LogP contribution in [0.2, 0.25) is 0 Å². The summed E-state index contributed by atoms with van der Waals surface area (Å²) in [4.78, 5) is 58.5. The Balaban J connectivity index is 1.52. The maximum Gasteiger partial charge on any atom is 0.293 e. The van der Waals surface area contributed by atoms with E-state index in [2.05, 4.69) is 0 Å². The number of carbonyl (C=O) groups excluding carboxylic acids is 3. The van der Waals surface area contributed by atoms with Gasteiger partial charge in [-0.2, -0.15) is 0 Å². The van der Waals surface area contributed by atoms with Gasteiger partial charge in [0, 0.05) is 17.9 Å². The summed E-state index contributed by atoms with van der Waals surface area (Å²) in [6, 6.07) is 44.0. The molecule has 7 nitrogen and oxygen atoms in total. The van der Waals surface area contributed by atoms with Crippen molar-refractivity contribution in [1.29, 1.82) is 0 Å². The number of ketones is 1. The Morgan fingerprint density at radius 1 is 0.500 bits per heavy atom. The average Bonchev–Trinajstić information content (AvgIpc) is 3.61. The molecule has 7 heteroatoms. The number of nitro groups is 1. The second kappa shape index (κ2) is 10.2. The van der Waals surface area contributed by atoms with E-state index in [-0.39, 0.29) is 17.2 Å². The van der Waals surface area contributed by atoms with Gasteiger partial charge in [-0.25, -0.2) is 4.90 Å². The number of amides is 2. The molecular formula is C39H28N2O5. The van der Waals surface area contributed by atoms with Gasteiger partial charge in [0.05, 0.1) is 27.6 Å². The standard InChI is InChI=1S/C39H28N2O5/c42-35-33-34(36(43)40(35)29-23-13-14-24-30(29)41(45)46)39(28-21-11-4-12-22-28)32(26-17-7-2-8-18-26)31(25-15-5-1-6-16-25)38(33,37(39)44)27-19-9-3-10-20-27/h1-24,31-34H/t31-,32-,33-,34+,38-,39-/m0/s1. The second-order valence-electron chi connectivity index (χ2n) is 12.3. The molecule has 3 aliphatic rings. The molecule has 2 aliphatic carbocycles. The van der Waals surface area contributed by atoms with Gasteiger partial charge in [-0.05, 0) is 28.3 Å². The third-order valence-corrected chi connectivity index (χ3v) is 10.5. The minimum absolute atomic E-state index is 0.0808. The maximum absolute atomic E-state index is 15.9. The van der Waals surface area contributed by atoms with Crippen molar-refractivity contribution in [3.05, 3.63) is 178 Å². The number of nitro benzene ring substituents is 1. The molecule has 1 saturated heterocycles. The zero-order valence-corrected chi connectivity index (χ0v) is 24.6. The first-order valence-electron chi connectivity index (χ1n) is 15.3. The number of imide groups is 1. The van der Waals surface area contributed by atoms with Crippen molar-refractivity contribution in [3.63, 3.8) is 0 Å². The van der Waals surface area contributed by atoms with Crippen molar-refractivity contribution < 1.29 is 19.3 Å². The largest absolute Gasteiger partial charge is 0.298 e. The summed E-state index contributed by atoms with van der Waals surface area (Å²) in [6.45, 7) is 0. The molecule has 0 radical (unpaired) electrons. The monoisotopic (exact) mass is 604 g/mol. The summed E-state index contributed by atoms with van der Waals surface area (Å²) in [5.41, 5.74) is -0.240. The van der Waals surface area contributed by atoms with Crippen molar-refractivity contribution in [2.75, 3.05) is 4.90 Å². The zero-order chi connectivity index (χ0) is 31.6. The van der Waals surface area contributed by atoms with Crippen LogP contribution in [-0.4, -0.2) is 22.5 Å². The Labute approximate surface area is 265 Å². The van der Waals surface area contributed by atoms with E-state index in [9.17, 15) is 10.1 Å². The number of hydrogen-bond donors (Lipinski definition) is 0. The van der Waals surface area contributed by atoms with E-state index in [1.165, 1.54) is 18.2 Å². The van der Waals surface area contributed by atoms with Crippen LogP contribution in [0, 0.1) is 22.0 Å². The molecule has 1 heterocycles. The Kier molecular flexibility index (Phi) is 6.15. The number of rotatable bonds is 6. The second-order valence-corrected chi connectivity index (χ2v) is 12.3. The minimum atomic E-state index is -1.45. The number of anilines is 1. The molecule has 2 saturated carbocycles. The summed E-state index contributed by atoms with van der Waals surface area (Å²) >= 11 is 0. The molecule has 8 rings (SSSR count). The molecule has 0 spiro atoms. The summed E-state index contributed by atoms with van der Waals surface area (Å²) in [6.07, 6.45) is 0. The van der Waals surface area contributed by atoms with Crippen LogP contribution in [0.25, 0.3) is 0 Å². The fourth-order valence-electron chi connectivity index (χ4n) is 9.09. The summed E-state index contributed by atoms with van der Waals surface area (Å²) in [5, 5.41) is 12.2. The van der Waals surface area contributed by atoms with Crippen LogP contribution in [0.5, 0.6) is 0 Å². The number of carbonyl (C=O) groups is 3. The lowest BCUT2D eigenvalue weighted by molar-refractivity contribution is -0.384. The molecule has 2 amide bonds. The lowest BCUT2D eigenvalue weighted by Crippen LogP contribution is -2.49. The molecule has 0 N–H and O–H groups in total. The highest BCUT2D eigenvalue weighted by atomic mass is 16.6. The van der Waals surface area contributed by atoms with Gasteiger partial charge in [-0.3, -0.25) is 24.5 Å². The van der Waals surface area contributed by atoms with Gasteiger partial charge < -0.3 is 0 Å². The van der Waals surface area contributed by atoms with E-state index in [1.807, 2.05) is 121 Å². The van der Waals surface area contributed by atoms with Crippen molar-refractivity contribution in [2.24, 2.45) is 11.8 Å². The van der Waals surface area contributed by atoms with Crippen molar-refractivity contribution >= 4 is 29.0 Å². The number of Topliss-reactive ketones (excluding diaryl/α,β-unsaturated/α-hetero) is 1. The normalized spacial score (nSPS) is 28.0. The van der Waals surface area contributed by atoms with Crippen molar-refractivity contribution in [2.45, 2.75) is 22.7 Å². The highest BCUT2D eigenvalue weighted by molar-refractivity contribution is 6.30. The number of nitrogens with zero attached hydrogens (tertiary/aromatic N) is 2. The smallest absolute Gasteiger partial charge is 0.293 e. The van der Waals surface area contributed by atoms with Crippen LogP contribution in [-0.2, 0) is 25.2 Å². The van der Waals surface area contributed by atoms with Gasteiger partial charge in [0.15, 0.2) is 5.78 Å². The Hall–Kier alpha value is -5.69. The van der Waals surface area contributed by atoms with Gasteiger partial charge in [0.25, 0.3) is 5.69 Å². The average molecular weight is 605 g/mol. The Bertz CT molecular complexity index is 1900. The molecule has 46 heavy (non-hydrogen) atoms. The summed E-state index contributed by atoms with van der Waals surface area (Å²) < 4.78 is 0. The van der Waals surface area contributed by atoms with Gasteiger partial charge in [-0.1, -0.05) is 133 Å². The van der Waals surface area contributed by atoms with Gasteiger partial charge >= 0.3 is 0 Å². The SMILES string of the molecule is O=C1[C@@H]2[C@H](C(=O)N1c1ccccc1[N+](=O)[O-])[C@@]1(c3ccccc3)C(=O)[C@@]2(c2ccccc2)[C@@H](c2ccccc2)[C@@H]1c1ccccc1. The van der Waals surface area contributed by atoms with Crippen LogP contribution in [0.1, 0.15) is 34.1 Å². The van der Waals surface area contributed by atoms with Gasteiger partial charge in [0.2, 0.25) is 11.8 Å². The van der Waals surface area contributed by atoms with Crippen LogP contribution in [0.3, 0.4) is 0 Å². The van der Waals surface area contributed by atoms with Crippen molar-refractivity contribution in [3.8, 4) is 0 Å². The van der Waals surface area contributed by atoms with Crippen LogP contribution >= 0.6 is 0 Å². The van der Waals surface area contributed by atoms with Gasteiger partial charge in [0.1, 0.15) is 5.69 Å². The minimum Gasteiger partial charge on any atom is -0.298 e. The third kappa shape index (κ3) is 3.40. The van der Waals surface area contributed by atoms with E-state index < -0.39 is 51.2 Å². The molecule has 5 aromatic rings. The molecule has 2 bridgehead atoms. The molecule has 224 valence electrons. The first-order valence-corrected chi connectivity index (χ1v) is 15.3. The van der Waals surface area contributed by atoms with Crippen molar-refractivity contribution in [1.82, 2.24) is 0 Å². The van der Waals surface area contributed by atoms with Crippen LogP contribution in [0.4, 0.5) is 11.4 Å². The summed E-state index contributed by atoms with van der Waals surface area (Å²) in [5.74, 6) is -4.61. The zero-order valence-electron chi connectivity index (χ0n) is 24.6. The molecule has 0 unspecified atom stereocenters. The third-order valence-electron chi connectivity index (χ3n) is 10.5. The fourth-order valence-corrected chi connectivity index (χ4v) is 9.09. The molecule has 5 aromatic carbocycles. The topological polar surface area (TPSA) is 97.6 Å². The Morgan fingerprint density at radius 2 is 0.870 bits per heavy atom. The predicted octanol–water partition coefficient (Wildman–Crippen LogP) is 6.74. The van der Waals surface area contributed by atoms with E-state index >= 15 is 14.4 Å². The van der Waals surface area contributed by atoms with E-state index in [0.717, 1.165) is 16.0 Å². The van der Waals surface area contributed by atoms with E-state index in [0.29, 0.717) is 11.1 Å². The van der Waals surface area contributed by atoms with Crippen LogP contribution in [0.15, 0.2) is 146 Å². The number of hydrogen-bond acceptors (Lipinski definition) is 5. The van der Waals surface area contributed by atoms with Crippen LogP contribution < -0.4 is 4.90 Å². The molecule has 0 aromatic heterocycles. The predicted molar refractivity (Wildman–Crippen MR) is 172 cm³/mol. The number of para-hydroxylation sites is 2. The highest BCUT2D eigenvalue weighted by Gasteiger charge is 2.86. The first kappa shape index (κ1) is 27.8. The summed E-state index contributed by atoms with van der Waals surface area (Å²) in [7, 11) is 0. The quantitative estimate of drug-likeness (QED) is 0.122. The molecule has 3 fully saturated rings. The number of fused-ring (bicyclic) bond motifs is 5. The first-order chi connectivity index (χ1) is 22.4. The van der Waals surface area contributed by atoms with E-state index in [4.69, 9.17) is 0 Å². The van der Waals surface area contributed by atoms with Gasteiger partial charge in [-0.15, -0.1) is 0 Å². The number of benzene rings is 5. The van der Waals surface area contributed by atoms with E-state index in [1.54, 1.807) is 6.07 Å². The lowest BCUT2D eigenvalue weighted by Gasteiger charge is -2.46. The molecule has 6 atom stereocenters. The molecule has 1 aliphatic heterocycles. The fraction of sp³-hybridized carbons (Fsp3) is 0.154. The Morgan fingerprint density at radius 3 is 1.28 bits per heavy atom. The molecular weight excluding hydrogens is 576 g/mol. The maximum atomic E-state index is 15.9.